The average molecular weight is 219 g/mol. The summed E-state index contributed by atoms with van der Waals surface area (Å²) in [4.78, 5) is 8.53. The molecule has 2 aromatic rings. The Morgan fingerprint density at radius 1 is 1.25 bits per heavy atom. The molecule has 3 N–H and O–H groups in total. The van der Waals surface area contributed by atoms with Gasteiger partial charge in [-0.05, 0) is 12.1 Å². The molecule has 5 nitrogen and oxygen atoms in total. The van der Waals surface area contributed by atoms with Crippen molar-refractivity contribution in [3.8, 4) is 0 Å². The first-order chi connectivity index (χ1) is 7.79. The number of rotatable bonds is 4. The molecule has 0 amide bonds. The molecule has 1 aromatic carbocycles. The number of hydrogen-bond acceptors (Lipinski definition) is 5. The zero-order valence-corrected chi connectivity index (χ0v) is 8.67. The van der Waals surface area contributed by atoms with Crippen LogP contribution in [0.5, 0.6) is 0 Å². The number of aliphatic hydroxyl groups excluding tert-OH is 2. The maximum absolute atomic E-state index is 9.17. The largest absolute Gasteiger partial charge is 0.394 e. The second kappa shape index (κ2) is 4.87. The Labute approximate surface area is 92.8 Å². The minimum absolute atomic E-state index is 0.253. The summed E-state index contributed by atoms with van der Waals surface area (Å²) in [6, 6.07) is 7.55. The normalized spacial score (nSPS) is 12.6. The predicted molar refractivity (Wildman–Crippen MR) is 61.1 cm³/mol. The molecule has 0 saturated heterocycles. The van der Waals surface area contributed by atoms with Gasteiger partial charge in [-0.2, -0.15) is 0 Å². The van der Waals surface area contributed by atoms with Crippen molar-refractivity contribution in [2.45, 2.75) is 6.10 Å². The topological polar surface area (TPSA) is 78.3 Å². The second-order valence-electron chi connectivity index (χ2n) is 3.46. The van der Waals surface area contributed by atoms with Crippen LogP contribution in [0.25, 0.3) is 11.0 Å². The van der Waals surface area contributed by atoms with E-state index in [-0.39, 0.29) is 13.2 Å². The van der Waals surface area contributed by atoms with E-state index in [1.165, 1.54) is 0 Å². The first-order valence-electron chi connectivity index (χ1n) is 5.04. The molecule has 0 radical (unpaired) electrons. The highest BCUT2D eigenvalue weighted by molar-refractivity contribution is 5.75. The van der Waals surface area contributed by atoms with Crippen molar-refractivity contribution in [3.63, 3.8) is 0 Å². The minimum Gasteiger partial charge on any atom is -0.394 e. The SMILES string of the molecule is OCC(O)CNc1cnc2ccccc2n1. The van der Waals surface area contributed by atoms with E-state index in [4.69, 9.17) is 5.11 Å². The van der Waals surface area contributed by atoms with Gasteiger partial charge >= 0.3 is 0 Å². The summed E-state index contributed by atoms with van der Waals surface area (Å²) >= 11 is 0. The van der Waals surface area contributed by atoms with E-state index in [9.17, 15) is 5.11 Å². The molecule has 0 saturated carbocycles. The smallest absolute Gasteiger partial charge is 0.145 e. The zero-order chi connectivity index (χ0) is 11.4. The summed E-state index contributed by atoms with van der Waals surface area (Å²) in [7, 11) is 0. The van der Waals surface area contributed by atoms with Crippen LogP contribution in [-0.2, 0) is 0 Å². The summed E-state index contributed by atoms with van der Waals surface area (Å²) in [5.41, 5.74) is 1.63. The highest BCUT2D eigenvalue weighted by Crippen LogP contribution is 2.10. The minimum atomic E-state index is -0.784. The monoisotopic (exact) mass is 219 g/mol. The van der Waals surface area contributed by atoms with Gasteiger partial charge in [-0.1, -0.05) is 12.1 Å². The Kier molecular flexibility index (Phi) is 3.28. The van der Waals surface area contributed by atoms with E-state index in [0.717, 1.165) is 11.0 Å². The first kappa shape index (κ1) is 10.8. The molecule has 1 aromatic heterocycles. The molecule has 0 spiro atoms. The third-order valence-electron chi connectivity index (χ3n) is 2.18. The Balaban J connectivity index is 2.13. The van der Waals surface area contributed by atoms with Crippen LogP contribution in [0.4, 0.5) is 5.82 Å². The molecule has 0 aliphatic rings. The van der Waals surface area contributed by atoms with Crippen molar-refractivity contribution in [2.75, 3.05) is 18.5 Å². The van der Waals surface area contributed by atoms with Gasteiger partial charge in [0.1, 0.15) is 5.82 Å². The van der Waals surface area contributed by atoms with Crippen molar-refractivity contribution < 1.29 is 10.2 Å². The van der Waals surface area contributed by atoms with Crippen LogP contribution in [0.2, 0.25) is 0 Å². The standard InChI is InChI=1S/C11H13N3O2/c15-7-8(16)5-13-11-6-12-9-3-1-2-4-10(9)14-11/h1-4,6,8,15-16H,5,7H2,(H,13,14). The highest BCUT2D eigenvalue weighted by atomic mass is 16.3. The lowest BCUT2D eigenvalue weighted by atomic mass is 10.3. The summed E-state index contributed by atoms with van der Waals surface area (Å²) in [5, 5.41) is 20.7. The number of aromatic nitrogens is 2. The van der Waals surface area contributed by atoms with Crippen LogP contribution in [0.3, 0.4) is 0 Å². The lowest BCUT2D eigenvalue weighted by Gasteiger charge is -2.09. The zero-order valence-electron chi connectivity index (χ0n) is 8.67. The van der Waals surface area contributed by atoms with Gasteiger partial charge in [0, 0.05) is 6.54 Å². The maximum Gasteiger partial charge on any atom is 0.145 e. The number of nitrogens with one attached hydrogen (secondary N) is 1. The summed E-state index contributed by atoms with van der Waals surface area (Å²) in [5.74, 6) is 0.589. The Morgan fingerprint density at radius 2 is 2.00 bits per heavy atom. The fraction of sp³-hybridized carbons (Fsp3) is 0.273. The number of aliphatic hydroxyl groups is 2. The lowest BCUT2D eigenvalue weighted by molar-refractivity contribution is 0.105. The van der Waals surface area contributed by atoms with E-state index in [0.29, 0.717) is 5.82 Å². The molecule has 0 aliphatic carbocycles. The number of nitrogens with zero attached hydrogens (tertiary/aromatic N) is 2. The van der Waals surface area contributed by atoms with Crippen molar-refractivity contribution in [1.82, 2.24) is 9.97 Å². The molecule has 84 valence electrons. The van der Waals surface area contributed by atoms with Gasteiger partial charge in [0.15, 0.2) is 0 Å². The van der Waals surface area contributed by atoms with Crippen LogP contribution in [-0.4, -0.2) is 39.4 Å². The summed E-state index contributed by atoms with van der Waals surface area (Å²) in [6.45, 7) is -0.0163. The molecule has 1 heterocycles. The highest BCUT2D eigenvalue weighted by Gasteiger charge is 2.03. The summed E-state index contributed by atoms with van der Waals surface area (Å²) < 4.78 is 0. The molecule has 5 heteroatoms. The van der Waals surface area contributed by atoms with Gasteiger partial charge in [0.25, 0.3) is 0 Å². The second-order valence-corrected chi connectivity index (χ2v) is 3.46. The van der Waals surface area contributed by atoms with Crippen molar-refractivity contribution in [1.29, 1.82) is 0 Å². The molecule has 1 atom stereocenters. The van der Waals surface area contributed by atoms with Crippen molar-refractivity contribution >= 4 is 16.9 Å². The fourth-order valence-electron chi connectivity index (χ4n) is 1.33. The van der Waals surface area contributed by atoms with E-state index < -0.39 is 6.10 Å². The molecular formula is C11H13N3O2. The Bertz CT molecular complexity index is 475. The van der Waals surface area contributed by atoms with Crippen LogP contribution >= 0.6 is 0 Å². The van der Waals surface area contributed by atoms with Crippen LogP contribution in [0.15, 0.2) is 30.5 Å². The van der Waals surface area contributed by atoms with Gasteiger partial charge in [-0.3, -0.25) is 4.98 Å². The van der Waals surface area contributed by atoms with Gasteiger partial charge < -0.3 is 15.5 Å². The molecular weight excluding hydrogens is 206 g/mol. The maximum atomic E-state index is 9.17. The third kappa shape index (κ3) is 2.44. The van der Waals surface area contributed by atoms with Crippen LogP contribution in [0, 0.1) is 0 Å². The van der Waals surface area contributed by atoms with E-state index in [2.05, 4.69) is 15.3 Å². The van der Waals surface area contributed by atoms with Gasteiger partial charge in [-0.25, -0.2) is 4.98 Å². The first-order valence-corrected chi connectivity index (χ1v) is 5.04. The number of fused-ring (bicyclic) bond motifs is 1. The molecule has 0 fully saturated rings. The average Bonchev–Trinajstić information content (AvgIpc) is 2.35. The Morgan fingerprint density at radius 3 is 2.75 bits per heavy atom. The van der Waals surface area contributed by atoms with Crippen LogP contribution < -0.4 is 5.32 Å². The molecule has 16 heavy (non-hydrogen) atoms. The number of hydrogen-bond donors (Lipinski definition) is 3. The molecule has 0 bridgehead atoms. The fourth-order valence-corrected chi connectivity index (χ4v) is 1.33. The summed E-state index contributed by atoms with van der Waals surface area (Å²) in [6.07, 6.45) is 0.820. The number of benzene rings is 1. The molecule has 0 aliphatic heterocycles. The molecule has 1 unspecified atom stereocenters. The van der Waals surface area contributed by atoms with E-state index >= 15 is 0 Å². The third-order valence-corrected chi connectivity index (χ3v) is 2.18. The van der Waals surface area contributed by atoms with Crippen molar-refractivity contribution in [2.24, 2.45) is 0 Å². The number of para-hydroxylation sites is 2. The van der Waals surface area contributed by atoms with E-state index in [1.807, 2.05) is 24.3 Å². The van der Waals surface area contributed by atoms with Gasteiger partial charge in [0.2, 0.25) is 0 Å². The quantitative estimate of drug-likeness (QED) is 0.693. The Hall–Kier alpha value is -1.72. The van der Waals surface area contributed by atoms with Crippen LogP contribution in [0.1, 0.15) is 0 Å². The molecule has 2 rings (SSSR count). The predicted octanol–water partition coefficient (Wildman–Crippen LogP) is 0.395. The van der Waals surface area contributed by atoms with Gasteiger partial charge in [0.05, 0.1) is 29.9 Å². The lowest BCUT2D eigenvalue weighted by Crippen LogP contribution is -2.23. The number of anilines is 1. The van der Waals surface area contributed by atoms with E-state index in [1.54, 1.807) is 6.20 Å². The van der Waals surface area contributed by atoms with Gasteiger partial charge in [-0.15, -0.1) is 0 Å². The van der Waals surface area contributed by atoms with Crippen molar-refractivity contribution in [3.05, 3.63) is 30.5 Å².